The summed E-state index contributed by atoms with van der Waals surface area (Å²) in [5.74, 6) is 0.879. The zero-order valence-electron chi connectivity index (χ0n) is 16.4. The zero-order valence-corrected chi connectivity index (χ0v) is 16.4. The molecule has 3 heterocycles. The highest BCUT2D eigenvalue weighted by atomic mass is 19.4. The third-order valence-electron chi connectivity index (χ3n) is 4.70. The van der Waals surface area contributed by atoms with Gasteiger partial charge >= 0.3 is 6.18 Å². The lowest BCUT2D eigenvalue weighted by atomic mass is 10.1. The van der Waals surface area contributed by atoms with Crippen molar-refractivity contribution in [3.05, 3.63) is 47.2 Å². The van der Waals surface area contributed by atoms with Crippen LogP contribution in [-0.4, -0.2) is 44.0 Å². The fraction of sp³-hybridized carbons (Fsp3) is 0.316. The highest BCUT2D eigenvalue weighted by Gasteiger charge is 2.35. The molecular formula is C19H19F3N8O. The van der Waals surface area contributed by atoms with Crippen LogP contribution in [0.3, 0.4) is 0 Å². The van der Waals surface area contributed by atoms with Crippen molar-refractivity contribution >= 4 is 29.4 Å². The van der Waals surface area contributed by atoms with Gasteiger partial charge in [-0.2, -0.15) is 18.2 Å². The number of nitrogens with one attached hydrogen (secondary N) is 4. The van der Waals surface area contributed by atoms with Gasteiger partial charge in [0.05, 0.1) is 6.04 Å². The third-order valence-corrected chi connectivity index (χ3v) is 4.70. The van der Waals surface area contributed by atoms with E-state index in [0.29, 0.717) is 30.2 Å². The standard InChI is InChI=1S/C19H19F3N8O/c1-10-25-16(30-29-10)4-5-23-17-14(19(20,21)22)8-24-18(28-17)27-12-2-3-15-11(6-12)7-13(9-31)26-15/h2-3,6,8-9,13,26H,4-5,7H2,1H3,(H,25,29,30)(H2,23,24,27,28). The minimum atomic E-state index is -4.60. The molecule has 0 fully saturated rings. The minimum absolute atomic E-state index is 0.0175. The first-order valence-electron chi connectivity index (χ1n) is 9.50. The first-order valence-corrected chi connectivity index (χ1v) is 9.50. The van der Waals surface area contributed by atoms with Gasteiger partial charge in [0, 0.05) is 37.0 Å². The molecule has 2 aromatic heterocycles. The molecule has 162 valence electrons. The predicted octanol–water partition coefficient (Wildman–Crippen LogP) is 2.86. The lowest BCUT2D eigenvalue weighted by Gasteiger charge is -2.15. The van der Waals surface area contributed by atoms with E-state index in [1.807, 2.05) is 6.07 Å². The molecule has 12 heteroatoms. The summed E-state index contributed by atoms with van der Waals surface area (Å²) in [5.41, 5.74) is 1.42. The van der Waals surface area contributed by atoms with E-state index in [1.54, 1.807) is 19.1 Å². The van der Waals surface area contributed by atoms with Crippen molar-refractivity contribution in [2.45, 2.75) is 32.0 Å². The molecule has 0 saturated carbocycles. The van der Waals surface area contributed by atoms with E-state index in [2.05, 4.69) is 41.1 Å². The molecule has 1 atom stereocenters. The SMILES string of the molecule is Cc1nnc(CCNc2nc(Nc3ccc4c(c3)CC(C=O)N4)ncc2C(F)(F)F)[nH]1. The molecule has 1 aliphatic rings. The second-order valence-electron chi connectivity index (χ2n) is 7.08. The topological polar surface area (TPSA) is 121 Å². The highest BCUT2D eigenvalue weighted by Crippen LogP contribution is 2.34. The molecular weight excluding hydrogens is 413 g/mol. The van der Waals surface area contributed by atoms with Gasteiger partial charge in [0.2, 0.25) is 5.95 Å². The number of aromatic nitrogens is 5. The molecule has 1 aromatic carbocycles. The van der Waals surface area contributed by atoms with Crippen LogP contribution in [0.5, 0.6) is 0 Å². The van der Waals surface area contributed by atoms with E-state index in [1.165, 1.54) is 0 Å². The third kappa shape index (κ3) is 4.73. The molecule has 0 saturated heterocycles. The van der Waals surface area contributed by atoms with Gasteiger partial charge in [-0.1, -0.05) is 0 Å². The number of rotatable bonds is 7. The minimum Gasteiger partial charge on any atom is -0.375 e. The number of anilines is 4. The Kier molecular flexibility index (Phi) is 5.44. The lowest BCUT2D eigenvalue weighted by Crippen LogP contribution is -2.16. The molecule has 31 heavy (non-hydrogen) atoms. The Morgan fingerprint density at radius 3 is 2.84 bits per heavy atom. The summed E-state index contributed by atoms with van der Waals surface area (Å²) in [6, 6.07) is 5.06. The maximum atomic E-state index is 13.4. The molecule has 4 N–H and O–H groups in total. The number of benzene rings is 1. The maximum absolute atomic E-state index is 13.4. The number of carbonyl (C=O) groups is 1. The Morgan fingerprint density at radius 1 is 1.29 bits per heavy atom. The number of halogens is 3. The lowest BCUT2D eigenvalue weighted by molar-refractivity contribution is -0.137. The monoisotopic (exact) mass is 432 g/mol. The van der Waals surface area contributed by atoms with Crippen molar-refractivity contribution in [3.63, 3.8) is 0 Å². The first kappa shape index (κ1) is 20.6. The first-order chi connectivity index (χ1) is 14.8. The van der Waals surface area contributed by atoms with Crippen LogP contribution in [0, 0.1) is 6.92 Å². The van der Waals surface area contributed by atoms with Crippen LogP contribution in [0.2, 0.25) is 0 Å². The molecule has 9 nitrogen and oxygen atoms in total. The molecule has 4 rings (SSSR count). The molecule has 1 unspecified atom stereocenters. The Hall–Kier alpha value is -3.70. The Labute approximate surface area is 174 Å². The van der Waals surface area contributed by atoms with Crippen molar-refractivity contribution < 1.29 is 18.0 Å². The van der Waals surface area contributed by atoms with Crippen LogP contribution in [0.4, 0.5) is 36.3 Å². The smallest absolute Gasteiger partial charge is 0.375 e. The molecule has 0 bridgehead atoms. The summed E-state index contributed by atoms with van der Waals surface area (Å²) in [6.45, 7) is 1.91. The van der Waals surface area contributed by atoms with Gasteiger partial charge in [-0.3, -0.25) is 0 Å². The summed E-state index contributed by atoms with van der Waals surface area (Å²) in [7, 11) is 0. The number of alkyl halides is 3. The normalized spacial score (nSPS) is 15.3. The Bertz CT molecular complexity index is 1100. The molecule has 0 radical (unpaired) electrons. The largest absolute Gasteiger partial charge is 0.421 e. The fourth-order valence-corrected chi connectivity index (χ4v) is 3.27. The molecule has 1 aliphatic heterocycles. The average molecular weight is 432 g/mol. The van der Waals surface area contributed by atoms with Crippen molar-refractivity contribution in [1.29, 1.82) is 0 Å². The van der Waals surface area contributed by atoms with Crippen LogP contribution in [0.1, 0.15) is 22.8 Å². The summed E-state index contributed by atoms with van der Waals surface area (Å²) in [5, 5.41) is 16.4. The van der Waals surface area contributed by atoms with E-state index in [9.17, 15) is 18.0 Å². The molecule has 0 spiro atoms. The number of aryl methyl sites for hydroxylation is 1. The second kappa shape index (κ2) is 8.20. The number of hydrogen-bond donors (Lipinski definition) is 4. The zero-order chi connectivity index (χ0) is 22.0. The van der Waals surface area contributed by atoms with Crippen LogP contribution in [0.15, 0.2) is 24.4 Å². The molecule has 3 aromatic rings. The number of fused-ring (bicyclic) bond motifs is 1. The van der Waals surface area contributed by atoms with Gasteiger partial charge in [-0.15, -0.1) is 10.2 Å². The second-order valence-corrected chi connectivity index (χ2v) is 7.08. The summed E-state index contributed by atoms with van der Waals surface area (Å²) < 4.78 is 40.1. The fourth-order valence-electron chi connectivity index (χ4n) is 3.27. The molecule has 0 aliphatic carbocycles. The molecule has 0 amide bonds. The number of aldehydes is 1. The predicted molar refractivity (Wildman–Crippen MR) is 107 cm³/mol. The van der Waals surface area contributed by atoms with Crippen molar-refractivity contribution in [2.24, 2.45) is 0 Å². The average Bonchev–Trinajstić information content (AvgIpc) is 3.32. The summed E-state index contributed by atoms with van der Waals surface area (Å²) in [6.07, 6.45) is -2.14. The maximum Gasteiger partial charge on any atom is 0.421 e. The van der Waals surface area contributed by atoms with Crippen molar-refractivity contribution in [3.8, 4) is 0 Å². The van der Waals surface area contributed by atoms with E-state index in [4.69, 9.17) is 0 Å². The van der Waals surface area contributed by atoms with Gasteiger partial charge in [-0.05, 0) is 30.7 Å². The van der Waals surface area contributed by atoms with Gasteiger partial charge in [0.1, 0.15) is 29.3 Å². The van der Waals surface area contributed by atoms with Gasteiger partial charge in [-0.25, -0.2) is 4.98 Å². The van der Waals surface area contributed by atoms with Crippen molar-refractivity contribution in [2.75, 3.05) is 22.5 Å². The van der Waals surface area contributed by atoms with Gasteiger partial charge < -0.3 is 25.7 Å². The number of H-pyrrole nitrogens is 1. The number of aromatic amines is 1. The Balaban J connectivity index is 1.51. The van der Waals surface area contributed by atoms with Crippen LogP contribution >= 0.6 is 0 Å². The number of carbonyl (C=O) groups excluding carboxylic acids is 1. The highest BCUT2D eigenvalue weighted by molar-refractivity contribution is 5.74. The van der Waals surface area contributed by atoms with Gasteiger partial charge in [0.15, 0.2) is 0 Å². The van der Waals surface area contributed by atoms with E-state index >= 15 is 0 Å². The number of nitrogens with zero attached hydrogens (tertiary/aromatic N) is 4. The van der Waals surface area contributed by atoms with Crippen LogP contribution in [-0.2, 0) is 23.8 Å². The van der Waals surface area contributed by atoms with Crippen molar-refractivity contribution in [1.82, 2.24) is 25.1 Å². The Morgan fingerprint density at radius 2 is 2.13 bits per heavy atom. The van der Waals surface area contributed by atoms with E-state index < -0.39 is 11.7 Å². The summed E-state index contributed by atoms with van der Waals surface area (Å²) in [4.78, 5) is 21.7. The number of hydrogen-bond acceptors (Lipinski definition) is 8. The van der Waals surface area contributed by atoms with E-state index in [-0.39, 0.29) is 24.4 Å². The summed E-state index contributed by atoms with van der Waals surface area (Å²) >= 11 is 0. The van der Waals surface area contributed by atoms with Crippen LogP contribution < -0.4 is 16.0 Å². The van der Waals surface area contributed by atoms with E-state index in [0.717, 1.165) is 23.7 Å². The van der Waals surface area contributed by atoms with Gasteiger partial charge in [0.25, 0.3) is 0 Å². The quantitative estimate of drug-likeness (QED) is 0.421. The van der Waals surface area contributed by atoms with Crippen LogP contribution in [0.25, 0.3) is 0 Å².